The van der Waals surface area contributed by atoms with Gasteiger partial charge in [-0.05, 0) is 45.0 Å². The van der Waals surface area contributed by atoms with Gasteiger partial charge in [0.25, 0.3) is 15.9 Å². The number of rotatable bonds is 6. The number of hydrogen-bond donors (Lipinski definition) is 3. The monoisotopic (exact) mass is 337 g/mol. The number of nitrogens with one attached hydrogen (secondary N) is 3. The number of sulfonamides is 1. The van der Waals surface area contributed by atoms with E-state index >= 15 is 0 Å². The molecule has 23 heavy (non-hydrogen) atoms. The van der Waals surface area contributed by atoms with E-state index in [4.69, 9.17) is 0 Å². The summed E-state index contributed by atoms with van der Waals surface area (Å²) in [5, 5.41) is 9.65. The SMILES string of the molecule is CNS(=O)(=O)c1ccc(C(=O)NCCc2c(C)n[nH]c2C)cn1. The molecule has 0 fully saturated rings. The summed E-state index contributed by atoms with van der Waals surface area (Å²) in [6.45, 7) is 4.30. The fraction of sp³-hybridized carbons (Fsp3) is 0.357. The Labute approximate surface area is 134 Å². The van der Waals surface area contributed by atoms with Crippen molar-refractivity contribution >= 4 is 15.9 Å². The highest BCUT2D eigenvalue weighted by molar-refractivity contribution is 7.89. The van der Waals surface area contributed by atoms with E-state index in [0.29, 0.717) is 18.5 Å². The van der Waals surface area contributed by atoms with Crippen molar-refractivity contribution < 1.29 is 13.2 Å². The smallest absolute Gasteiger partial charge is 0.257 e. The zero-order valence-electron chi connectivity index (χ0n) is 13.2. The van der Waals surface area contributed by atoms with Gasteiger partial charge in [-0.2, -0.15) is 5.10 Å². The molecule has 0 aliphatic heterocycles. The average Bonchev–Trinajstić information content (AvgIpc) is 2.86. The predicted octanol–water partition coefficient (Wildman–Crippen LogP) is 0.302. The van der Waals surface area contributed by atoms with E-state index in [1.54, 1.807) is 0 Å². The molecule has 0 aliphatic rings. The molecule has 0 atom stereocenters. The second-order valence-electron chi connectivity index (χ2n) is 5.01. The largest absolute Gasteiger partial charge is 0.352 e. The number of carbonyl (C=O) groups is 1. The Kier molecular flexibility index (Phi) is 5.12. The van der Waals surface area contributed by atoms with Crippen molar-refractivity contribution in [3.8, 4) is 0 Å². The third-order valence-electron chi connectivity index (χ3n) is 3.48. The lowest BCUT2D eigenvalue weighted by atomic mass is 10.1. The number of pyridine rings is 1. The molecule has 2 aromatic rings. The van der Waals surface area contributed by atoms with Crippen LogP contribution in [0.15, 0.2) is 23.4 Å². The average molecular weight is 337 g/mol. The van der Waals surface area contributed by atoms with Crippen LogP contribution in [-0.4, -0.2) is 43.1 Å². The summed E-state index contributed by atoms with van der Waals surface area (Å²) >= 11 is 0. The zero-order chi connectivity index (χ0) is 17.0. The van der Waals surface area contributed by atoms with Crippen molar-refractivity contribution in [3.63, 3.8) is 0 Å². The standard InChI is InChI=1S/C14H19N5O3S/c1-9-12(10(2)19-18-9)6-7-16-14(20)11-4-5-13(17-8-11)23(21,22)15-3/h4-5,8,15H,6-7H2,1-3H3,(H,16,20)(H,18,19). The molecule has 8 nitrogen and oxygen atoms in total. The van der Waals surface area contributed by atoms with Crippen molar-refractivity contribution in [2.24, 2.45) is 0 Å². The highest BCUT2D eigenvalue weighted by Gasteiger charge is 2.14. The highest BCUT2D eigenvalue weighted by atomic mass is 32.2. The summed E-state index contributed by atoms with van der Waals surface area (Å²) in [6.07, 6.45) is 1.91. The van der Waals surface area contributed by atoms with Crippen LogP contribution in [0.25, 0.3) is 0 Å². The summed E-state index contributed by atoms with van der Waals surface area (Å²) in [5.74, 6) is -0.301. The van der Waals surface area contributed by atoms with Gasteiger partial charge in [-0.3, -0.25) is 9.89 Å². The molecule has 0 radical (unpaired) electrons. The first-order chi connectivity index (χ1) is 10.8. The second-order valence-corrected chi connectivity index (χ2v) is 6.84. The van der Waals surface area contributed by atoms with Gasteiger partial charge in [0, 0.05) is 18.4 Å². The minimum atomic E-state index is -3.60. The summed E-state index contributed by atoms with van der Waals surface area (Å²) in [7, 11) is -2.30. The van der Waals surface area contributed by atoms with E-state index in [-0.39, 0.29) is 10.9 Å². The third-order valence-corrected chi connectivity index (χ3v) is 4.81. The first-order valence-electron chi connectivity index (χ1n) is 7.03. The Morgan fingerprint density at radius 1 is 1.30 bits per heavy atom. The molecular weight excluding hydrogens is 318 g/mol. The number of aryl methyl sites for hydroxylation is 2. The van der Waals surface area contributed by atoms with Crippen LogP contribution in [0.3, 0.4) is 0 Å². The van der Waals surface area contributed by atoms with Crippen LogP contribution in [0.4, 0.5) is 0 Å². The minimum Gasteiger partial charge on any atom is -0.352 e. The maximum atomic E-state index is 12.0. The molecule has 2 heterocycles. The number of nitrogens with zero attached hydrogens (tertiary/aromatic N) is 2. The lowest BCUT2D eigenvalue weighted by Gasteiger charge is -2.06. The van der Waals surface area contributed by atoms with Crippen molar-refractivity contribution in [1.82, 2.24) is 25.2 Å². The molecule has 3 N–H and O–H groups in total. The molecule has 0 spiro atoms. The van der Waals surface area contributed by atoms with Crippen LogP contribution in [0.1, 0.15) is 27.3 Å². The van der Waals surface area contributed by atoms with E-state index in [9.17, 15) is 13.2 Å². The molecule has 1 amide bonds. The van der Waals surface area contributed by atoms with Crippen LogP contribution in [0.5, 0.6) is 0 Å². The topological polar surface area (TPSA) is 117 Å². The van der Waals surface area contributed by atoms with E-state index in [1.807, 2.05) is 13.8 Å². The highest BCUT2D eigenvalue weighted by Crippen LogP contribution is 2.10. The van der Waals surface area contributed by atoms with Crippen molar-refractivity contribution in [1.29, 1.82) is 0 Å². The molecule has 0 aliphatic carbocycles. The maximum Gasteiger partial charge on any atom is 0.257 e. The molecule has 9 heteroatoms. The molecule has 2 aromatic heterocycles. The van der Waals surface area contributed by atoms with Gasteiger partial charge in [-0.25, -0.2) is 18.1 Å². The van der Waals surface area contributed by atoms with E-state index < -0.39 is 10.0 Å². The summed E-state index contributed by atoms with van der Waals surface area (Å²) in [5.41, 5.74) is 3.29. The Morgan fingerprint density at radius 3 is 2.57 bits per heavy atom. The Morgan fingerprint density at radius 2 is 2.04 bits per heavy atom. The Hall–Kier alpha value is -2.26. The van der Waals surface area contributed by atoms with Crippen molar-refractivity contribution in [2.45, 2.75) is 25.3 Å². The number of aromatic nitrogens is 3. The minimum absolute atomic E-state index is 0.124. The second kappa shape index (κ2) is 6.88. The third kappa shape index (κ3) is 3.93. The molecule has 0 saturated heterocycles. The summed E-state index contributed by atoms with van der Waals surface area (Å²) < 4.78 is 25.3. The number of H-pyrrole nitrogens is 1. The Bertz CT molecular complexity index is 777. The van der Waals surface area contributed by atoms with Crippen LogP contribution >= 0.6 is 0 Å². The zero-order valence-corrected chi connectivity index (χ0v) is 14.0. The van der Waals surface area contributed by atoms with E-state index in [1.165, 1.54) is 25.4 Å². The van der Waals surface area contributed by atoms with Crippen molar-refractivity contribution in [2.75, 3.05) is 13.6 Å². The van der Waals surface area contributed by atoms with Crippen LogP contribution in [0, 0.1) is 13.8 Å². The van der Waals surface area contributed by atoms with Gasteiger partial charge < -0.3 is 5.32 Å². The number of aromatic amines is 1. The van der Waals surface area contributed by atoms with E-state index in [2.05, 4.69) is 25.2 Å². The predicted molar refractivity (Wildman–Crippen MR) is 84.6 cm³/mol. The van der Waals surface area contributed by atoms with Gasteiger partial charge in [0.2, 0.25) is 0 Å². The maximum absolute atomic E-state index is 12.0. The van der Waals surface area contributed by atoms with E-state index in [0.717, 1.165) is 17.0 Å². The molecule has 0 bridgehead atoms. The van der Waals surface area contributed by atoms with Gasteiger partial charge in [0.05, 0.1) is 11.3 Å². The molecule has 0 unspecified atom stereocenters. The lowest BCUT2D eigenvalue weighted by molar-refractivity contribution is 0.0953. The number of hydrogen-bond acceptors (Lipinski definition) is 5. The van der Waals surface area contributed by atoms with Gasteiger partial charge in [-0.15, -0.1) is 0 Å². The van der Waals surface area contributed by atoms with Gasteiger partial charge >= 0.3 is 0 Å². The van der Waals surface area contributed by atoms with Crippen LogP contribution in [-0.2, 0) is 16.4 Å². The van der Waals surface area contributed by atoms with Crippen LogP contribution in [0.2, 0.25) is 0 Å². The summed E-state index contributed by atoms with van der Waals surface area (Å²) in [6, 6.07) is 2.73. The molecule has 0 aromatic carbocycles. The van der Waals surface area contributed by atoms with Gasteiger partial charge in [0.15, 0.2) is 5.03 Å². The fourth-order valence-corrected chi connectivity index (χ4v) is 2.77. The first kappa shape index (κ1) is 17.1. The summed E-state index contributed by atoms with van der Waals surface area (Å²) in [4.78, 5) is 15.8. The van der Waals surface area contributed by atoms with Crippen molar-refractivity contribution in [3.05, 3.63) is 40.8 Å². The molecular formula is C14H19N5O3S. The lowest BCUT2D eigenvalue weighted by Crippen LogP contribution is -2.26. The van der Waals surface area contributed by atoms with Gasteiger partial charge in [0.1, 0.15) is 0 Å². The Balaban J connectivity index is 1.96. The normalized spacial score (nSPS) is 11.4. The van der Waals surface area contributed by atoms with Gasteiger partial charge in [-0.1, -0.05) is 0 Å². The molecule has 2 rings (SSSR count). The number of carbonyl (C=O) groups excluding carboxylic acids is 1. The molecule has 0 saturated carbocycles. The number of amides is 1. The van der Waals surface area contributed by atoms with Crippen LogP contribution < -0.4 is 10.0 Å². The fourth-order valence-electron chi connectivity index (χ4n) is 2.12. The quantitative estimate of drug-likeness (QED) is 0.701. The molecule has 124 valence electrons. The first-order valence-corrected chi connectivity index (χ1v) is 8.51.